The van der Waals surface area contributed by atoms with Crippen molar-refractivity contribution in [1.29, 1.82) is 10.5 Å². The number of nitrogens with one attached hydrogen (secondary N) is 4. The van der Waals surface area contributed by atoms with Gasteiger partial charge in [-0.1, -0.05) is 89.5 Å². The number of fused-ring (bicyclic) bond motifs is 3. The van der Waals surface area contributed by atoms with Gasteiger partial charge < -0.3 is 45.6 Å². The molecule has 21 nitrogen and oxygen atoms in total. The third kappa shape index (κ3) is 22.4. The van der Waals surface area contributed by atoms with Crippen LogP contribution in [0.25, 0.3) is 0 Å². The van der Waals surface area contributed by atoms with E-state index in [2.05, 4.69) is 117 Å². The van der Waals surface area contributed by atoms with Crippen LogP contribution in [0.15, 0.2) is 102 Å². The molecule has 6 unspecified atom stereocenters. The molecule has 4 N–H and O–H groups in total. The summed E-state index contributed by atoms with van der Waals surface area (Å²) in [4.78, 5) is 67.3. The Hall–Kier alpha value is -8.54. The summed E-state index contributed by atoms with van der Waals surface area (Å²) in [6.45, 7) is 30.0. The predicted octanol–water partition coefficient (Wildman–Crippen LogP) is 11.6. The van der Waals surface area contributed by atoms with Crippen LogP contribution in [0.5, 0.6) is 0 Å². The quantitative estimate of drug-likeness (QED) is 0.0872. The normalized spacial score (nSPS) is 19.9. The lowest BCUT2D eigenvalue weighted by molar-refractivity contribution is -0.168. The number of alkyl halides is 3. The number of nitrogens with zero attached hydrogens (tertiary/aromatic N) is 11. The molecule has 0 saturated carbocycles. The first-order valence-corrected chi connectivity index (χ1v) is 30.9. The number of hydrogen-bond donors (Lipinski definition) is 4. The minimum atomic E-state index is -4.64. The van der Waals surface area contributed by atoms with Crippen LogP contribution >= 0.6 is 11.6 Å². The van der Waals surface area contributed by atoms with E-state index in [-0.39, 0.29) is 29.5 Å². The summed E-state index contributed by atoms with van der Waals surface area (Å²) in [6.07, 6.45) is -3.29. The molecule has 0 bridgehead atoms. The first kappa shape index (κ1) is 71.5. The molecule has 0 radical (unpaired) electrons. The molecule has 11 rings (SSSR count). The average molecular weight is 1270 g/mol. The second kappa shape index (κ2) is 33.5. The lowest BCUT2D eigenvalue weighted by atomic mass is 10.0. The molecule has 5 aromatic rings. The molecule has 6 aliphatic rings. The van der Waals surface area contributed by atoms with Crippen molar-refractivity contribution >= 4 is 64.5 Å². The molecule has 25 heteroatoms. The minimum absolute atomic E-state index is 0.0311. The molecule has 6 fully saturated rings. The van der Waals surface area contributed by atoms with E-state index in [4.69, 9.17) is 26.9 Å². The first-order chi connectivity index (χ1) is 43.1. The second-order valence-electron chi connectivity index (χ2n) is 25.1. The number of amides is 5. The van der Waals surface area contributed by atoms with Crippen molar-refractivity contribution in [3.8, 4) is 12.1 Å². The Morgan fingerprint density at radius 2 is 0.945 bits per heavy atom. The number of aliphatic imine (C=N–C) groups is 1. The highest BCUT2D eigenvalue weighted by Gasteiger charge is 2.43. The maximum atomic E-state index is 12.6. The molecule has 5 amide bonds. The highest BCUT2D eigenvalue weighted by atomic mass is 35.5. The molecule has 2 aromatic heterocycles. The lowest BCUT2D eigenvalue weighted by Crippen LogP contribution is -2.36. The molecule has 91 heavy (non-hydrogen) atoms. The summed E-state index contributed by atoms with van der Waals surface area (Å²) in [6, 6.07) is 34.2. The minimum Gasteiger partial charge on any atom is -0.444 e. The van der Waals surface area contributed by atoms with E-state index in [0.717, 1.165) is 95.7 Å². The van der Waals surface area contributed by atoms with Gasteiger partial charge >= 0.3 is 24.3 Å². The number of likely N-dealkylation sites (tertiary alicyclic amines) is 3. The van der Waals surface area contributed by atoms with E-state index in [1.807, 2.05) is 102 Å². The number of ether oxygens (including phenoxy) is 1. The Balaban J connectivity index is 0.000000185. The maximum Gasteiger partial charge on any atom is 0.449 e. The molecule has 0 spiro atoms. The largest absolute Gasteiger partial charge is 0.449 e. The fourth-order valence-electron chi connectivity index (χ4n) is 10.9. The Labute approximate surface area is 536 Å². The third-order valence-electron chi connectivity index (χ3n) is 16.1. The SMILES string of the molecule is CC(=O)C(F)(F)F.CC(C)(C)OC(=O)N1CC2CNCC2C1.CC(C)c1ccc(N=C=O)cc1.CC(C)c1ccc(NC(=O)N2CC3CN(c4ccc(C#N)nn4)CC3C2)cc1.CC(C)c1ccc(NC(=O)N2CC3CNCC3C2)cc1.N#Cc1ccc(Cl)nn1. The van der Waals surface area contributed by atoms with Gasteiger partial charge in [0.05, 0.1) is 5.69 Å². The Bertz CT molecular complexity index is 3280. The molecule has 8 heterocycles. The van der Waals surface area contributed by atoms with Crippen LogP contribution in [-0.4, -0.2) is 155 Å². The number of rotatable bonds is 7. The van der Waals surface area contributed by atoms with Crippen LogP contribution in [0, 0.1) is 58.2 Å². The molecule has 6 atom stereocenters. The second-order valence-corrected chi connectivity index (χ2v) is 25.5. The summed E-state index contributed by atoms with van der Waals surface area (Å²) < 4.78 is 37.8. The summed E-state index contributed by atoms with van der Waals surface area (Å²) in [5.74, 6) is 3.99. The van der Waals surface area contributed by atoms with Crippen molar-refractivity contribution in [3.05, 3.63) is 130 Å². The Morgan fingerprint density at radius 1 is 0.571 bits per heavy atom. The number of anilines is 3. The van der Waals surface area contributed by atoms with Gasteiger partial charge in [-0.3, -0.25) is 4.79 Å². The zero-order chi connectivity index (χ0) is 66.6. The number of aromatic nitrogens is 4. The third-order valence-corrected chi connectivity index (χ3v) is 16.3. The smallest absolute Gasteiger partial charge is 0.444 e. The molecule has 0 aliphatic carbocycles. The van der Waals surface area contributed by atoms with Gasteiger partial charge in [0.15, 0.2) is 22.4 Å². The number of isocyanates is 1. The summed E-state index contributed by atoms with van der Waals surface area (Å²) in [5, 5.41) is 45.1. The molecular weight excluding hydrogens is 1190 g/mol. The summed E-state index contributed by atoms with van der Waals surface area (Å²) >= 11 is 5.39. The van der Waals surface area contributed by atoms with E-state index in [1.165, 1.54) is 34.9 Å². The lowest BCUT2D eigenvalue weighted by Gasteiger charge is -2.24. The van der Waals surface area contributed by atoms with Gasteiger partial charge in [-0.05, 0) is 140 Å². The number of nitriles is 2. The number of carbonyl (C=O) groups excluding carboxylic acids is 5. The van der Waals surface area contributed by atoms with Crippen LogP contribution in [0.3, 0.4) is 0 Å². The summed E-state index contributed by atoms with van der Waals surface area (Å²) in [5.41, 5.74) is 6.41. The average Bonchev–Trinajstić information content (AvgIpc) is 2.17. The fourth-order valence-corrected chi connectivity index (χ4v) is 11.0. The van der Waals surface area contributed by atoms with Crippen LogP contribution in [0.1, 0.15) is 115 Å². The van der Waals surface area contributed by atoms with E-state index < -0.39 is 12.0 Å². The topological polar surface area (TPSA) is 267 Å². The molecule has 6 saturated heterocycles. The zero-order valence-corrected chi connectivity index (χ0v) is 54.1. The number of benzene rings is 3. The van der Waals surface area contributed by atoms with Gasteiger partial charge in [0.25, 0.3) is 0 Å². The zero-order valence-electron chi connectivity index (χ0n) is 53.3. The van der Waals surface area contributed by atoms with Gasteiger partial charge in [0, 0.05) is 109 Å². The number of Topliss-reactive ketones (excluding diaryl/α,β-unsaturated/α-hetero) is 1. The van der Waals surface area contributed by atoms with Gasteiger partial charge in [-0.2, -0.15) is 28.7 Å². The Morgan fingerprint density at radius 3 is 1.27 bits per heavy atom. The van der Waals surface area contributed by atoms with Gasteiger partial charge in [-0.15, -0.1) is 20.4 Å². The number of ketones is 1. The van der Waals surface area contributed by atoms with E-state index in [9.17, 15) is 37.1 Å². The van der Waals surface area contributed by atoms with Crippen molar-refractivity contribution in [2.45, 2.75) is 98.8 Å². The number of hydrogen-bond acceptors (Lipinski definition) is 16. The Kier molecular flexibility index (Phi) is 26.3. The highest BCUT2D eigenvalue weighted by molar-refractivity contribution is 6.29. The standard InChI is InChI=1S/C21H24N6O.C16H23N3O.C11H20N2O2.C10H11NO.C5H2ClN3.C3H3F3O/c1-14(2)15-3-5-18(6-4-15)23-21(28)27-12-16-10-26(11-17(16)13-27)20-8-7-19(9-22)24-25-20;1-11(2)12-3-5-15(6-4-12)18-16(20)19-9-13-7-17-8-14(13)10-19;1-11(2,3)15-10(14)13-6-8-4-12-5-9(8)7-13;1-8(2)9-3-5-10(6-4-9)11-7-12;6-5-2-1-4(3-7)8-9-5;1-2(7)3(4,5)6/h3-8,14,16-17H,10-13H2,1-2H3,(H,23,28);3-6,11,13-14,17H,7-10H2,1-2H3,(H,18,20);8-9,12H,4-7H2,1-3H3;3-6,8H,1-2H3;1-2H;1H3. The van der Waals surface area contributed by atoms with Crippen molar-refractivity contribution in [3.63, 3.8) is 0 Å². The molecule has 6 aliphatic heterocycles. The van der Waals surface area contributed by atoms with Gasteiger partial charge in [0.1, 0.15) is 17.7 Å². The van der Waals surface area contributed by atoms with Gasteiger partial charge in [-0.25, -0.2) is 19.2 Å². The van der Waals surface area contributed by atoms with Crippen molar-refractivity contribution in [2.24, 2.45) is 40.5 Å². The van der Waals surface area contributed by atoms with Gasteiger partial charge in [0.2, 0.25) is 11.9 Å². The van der Waals surface area contributed by atoms with Crippen LogP contribution in [0.4, 0.5) is 50.4 Å². The number of urea groups is 2. The molecule has 486 valence electrons. The van der Waals surface area contributed by atoms with Crippen LogP contribution in [0.2, 0.25) is 5.15 Å². The van der Waals surface area contributed by atoms with E-state index >= 15 is 0 Å². The van der Waals surface area contributed by atoms with Crippen molar-refractivity contribution in [2.75, 3.05) is 94.1 Å². The highest BCUT2D eigenvalue weighted by Crippen LogP contribution is 2.34. The number of carbonyl (C=O) groups is 4. The monoisotopic (exact) mass is 1270 g/mol. The fraction of sp³-hybridized carbons (Fsp3) is 0.500. The van der Waals surface area contributed by atoms with Crippen molar-refractivity contribution in [1.82, 2.24) is 45.7 Å². The van der Waals surface area contributed by atoms with Crippen LogP contribution in [-0.2, 0) is 14.3 Å². The predicted molar refractivity (Wildman–Crippen MR) is 342 cm³/mol. The van der Waals surface area contributed by atoms with E-state index in [1.54, 1.807) is 6.07 Å². The maximum absolute atomic E-state index is 12.6. The first-order valence-electron chi connectivity index (χ1n) is 30.5. The molecule has 3 aromatic carbocycles. The van der Waals surface area contributed by atoms with Crippen molar-refractivity contribution < 1.29 is 41.9 Å². The summed E-state index contributed by atoms with van der Waals surface area (Å²) in [7, 11) is 0. The van der Waals surface area contributed by atoms with Crippen LogP contribution < -0.4 is 26.2 Å². The number of halogens is 4. The van der Waals surface area contributed by atoms with E-state index in [0.29, 0.717) is 76.7 Å². The molecular formula is C66H83ClF3N15O6.